The first-order valence-corrected chi connectivity index (χ1v) is 8.16. The van der Waals surface area contributed by atoms with Gasteiger partial charge in [0.15, 0.2) is 0 Å². The number of nitrogens with two attached hydrogens (primary N) is 1. The summed E-state index contributed by atoms with van der Waals surface area (Å²) in [5, 5.41) is 3.20. The van der Waals surface area contributed by atoms with E-state index in [2.05, 4.69) is 19.2 Å². The molecule has 1 fully saturated rings. The van der Waals surface area contributed by atoms with Crippen LogP contribution in [0.3, 0.4) is 0 Å². The number of hydrogen-bond donors (Lipinski definition) is 2. The molecule has 1 aliphatic carbocycles. The van der Waals surface area contributed by atoms with Crippen LogP contribution in [0.2, 0.25) is 0 Å². The van der Waals surface area contributed by atoms with E-state index in [0.717, 1.165) is 25.8 Å². The third kappa shape index (κ3) is 6.42. The molecular weight excluding hydrogens is 236 g/mol. The minimum absolute atomic E-state index is 0.230. The molecule has 1 aliphatic rings. The second kappa shape index (κ2) is 9.35. The van der Waals surface area contributed by atoms with Gasteiger partial charge in [0.1, 0.15) is 0 Å². The van der Waals surface area contributed by atoms with Crippen molar-refractivity contribution in [3.8, 4) is 0 Å². The molecule has 3 heteroatoms. The molecule has 1 saturated carbocycles. The Labute approximate surface area is 118 Å². The molecule has 0 aromatic carbocycles. The van der Waals surface area contributed by atoms with Crippen LogP contribution in [-0.2, 0) is 4.79 Å². The fourth-order valence-corrected chi connectivity index (χ4v) is 3.20. The lowest BCUT2D eigenvalue weighted by Crippen LogP contribution is -2.38. The first-order chi connectivity index (χ1) is 9.17. The molecular formula is C16H32N2O. The Morgan fingerprint density at radius 1 is 1.26 bits per heavy atom. The van der Waals surface area contributed by atoms with Gasteiger partial charge in [-0.1, -0.05) is 32.6 Å². The highest BCUT2D eigenvalue weighted by Crippen LogP contribution is 2.26. The van der Waals surface area contributed by atoms with Crippen molar-refractivity contribution < 1.29 is 4.79 Å². The summed E-state index contributed by atoms with van der Waals surface area (Å²) in [5.41, 5.74) is 5.59. The number of nitrogens with one attached hydrogen (secondary N) is 1. The highest BCUT2D eigenvalue weighted by molar-refractivity contribution is 5.76. The summed E-state index contributed by atoms with van der Waals surface area (Å²) < 4.78 is 0. The zero-order valence-electron chi connectivity index (χ0n) is 12.8. The van der Waals surface area contributed by atoms with Crippen LogP contribution >= 0.6 is 0 Å². The molecule has 0 aromatic rings. The van der Waals surface area contributed by atoms with E-state index in [1.165, 1.54) is 32.1 Å². The Hall–Kier alpha value is -0.570. The van der Waals surface area contributed by atoms with E-state index in [1.54, 1.807) is 0 Å². The summed E-state index contributed by atoms with van der Waals surface area (Å²) in [7, 11) is 0. The molecule has 0 heterocycles. The smallest absolute Gasteiger partial charge is 0.220 e. The Balaban J connectivity index is 2.21. The van der Waals surface area contributed by atoms with E-state index in [9.17, 15) is 4.79 Å². The number of rotatable bonds is 8. The first kappa shape index (κ1) is 16.5. The van der Waals surface area contributed by atoms with Gasteiger partial charge in [-0.15, -0.1) is 0 Å². The van der Waals surface area contributed by atoms with Crippen LogP contribution < -0.4 is 11.1 Å². The van der Waals surface area contributed by atoms with Gasteiger partial charge in [0.25, 0.3) is 0 Å². The third-order valence-corrected chi connectivity index (χ3v) is 4.68. The molecule has 19 heavy (non-hydrogen) atoms. The number of carbonyl (C=O) groups excluding carboxylic acids is 1. The molecule has 112 valence electrons. The van der Waals surface area contributed by atoms with Crippen LogP contribution in [0, 0.1) is 11.8 Å². The van der Waals surface area contributed by atoms with Gasteiger partial charge in [-0.05, 0) is 51.0 Å². The minimum atomic E-state index is 0.230. The van der Waals surface area contributed by atoms with Crippen molar-refractivity contribution in [2.75, 3.05) is 6.54 Å². The van der Waals surface area contributed by atoms with E-state index < -0.39 is 0 Å². The molecule has 3 nitrogen and oxygen atoms in total. The molecule has 0 aromatic heterocycles. The van der Waals surface area contributed by atoms with Gasteiger partial charge in [-0.2, -0.15) is 0 Å². The van der Waals surface area contributed by atoms with Gasteiger partial charge in [0.2, 0.25) is 5.91 Å². The highest BCUT2D eigenvalue weighted by Gasteiger charge is 2.21. The highest BCUT2D eigenvalue weighted by atomic mass is 16.1. The average molecular weight is 268 g/mol. The number of hydrogen-bond acceptors (Lipinski definition) is 2. The van der Waals surface area contributed by atoms with Crippen LogP contribution in [0.1, 0.15) is 71.6 Å². The monoisotopic (exact) mass is 268 g/mol. The van der Waals surface area contributed by atoms with Crippen molar-refractivity contribution in [1.29, 1.82) is 0 Å². The van der Waals surface area contributed by atoms with Crippen molar-refractivity contribution in [3.63, 3.8) is 0 Å². The predicted octanol–water partition coefficient (Wildman–Crippen LogP) is 3.23. The van der Waals surface area contributed by atoms with Crippen LogP contribution in [0.5, 0.6) is 0 Å². The fraction of sp³-hybridized carbons (Fsp3) is 0.938. The summed E-state index contributed by atoms with van der Waals surface area (Å²) in [6, 6.07) is 0.349. The van der Waals surface area contributed by atoms with E-state index in [1.807, 2.05) is 0 Å². The molecule has 0 saturated heterocycles. The zero-order valence-corrected chi connectivity index (χ0v) is 12.8. The molecule has 2 unspecified atom stereocenters. The maximum Gasteiger partial charge on any atom is 0.220 e. The Bertz CT molecular complexity index is 249. The lowest BCUT2D eigenvalue weighted by molar-refractivity contribution is -0.122. The maximum atomic E-state index is 12.0. The number of amides is 1. The topological polar surface area (TPSA) is 55.1 Å². The lowest BCUT2D eigenvalue weighted by atomic mass is 9.84. The zero-order chi connectivity index (χ0) is 14.1. The molecule has 1 amide bonds. The molecule has 0 radical (unpaired) electrons. The van der Waals surface area contributed by atoms with Crippen LogP contribution in [0.25, 0.3) is 0 Å². The van der Waals surface area contributed by atoms with E-state index in [4.69, 9.17) is 5.73 Å². The van der Waals surface area contributed by atoms with Crippen LogP contribution in [0.4, 0.5) is 0 Å². The molecule has 2 atom stereocenters. The lowest BCUT2D eigenvalue weighted by Gasteiger charge is -2.28. The second-order valence-corrected chi connectivity index (χ2v) is 6.14. The average Bonchev–Trinajstić information content (AvgIpc) is 2.44. The van der Waals surface area contributed by atoms with Crippen molar-refractivity contribution in [1.82, 2.24) is 5.32 Å². The first-order valence-electron chi connectivity index (χ1n) is 8.16. The maximum absolute atomic E-state index is 12.0. The quantitative estimate of drug-likeness (QED) is 0.710. The summed E-state index contributed by atoms with van der Waals surface area (Å²) in [4.78, 5) is 12.0. The molecule has 3 N–H and O–H groups in total. The van der Waals surface area contributed by atoms with Crippen molar-refractivity contribution in [2.24, 2.45) is 17.6 Å². The van der Waals surface area contributed by atoms with E-state index in [-0.39, 0.29) is 5.91 Å². The van der Waals surface area contributed by atoms with Gasteiger partial charge in [0.05, 0.1) is 0 Å². The van der Waals surface area contributed by atoms with Crippen molar-refractivity contribution in [3.05, 3.63) is 0 Å². The van der Waals surface area contributed by atoms with E-state index in [0.29, 0.717) is 24.3 Å². The molecule has 1 rings (SSSR count). The van der Waals surface area contributed by atoms with Gasteiger partial charge in [-0.25, -0.2) is 0 Å². The Kier molecular flexibility index (Phi) is 8.11. The third-order valence-electron chi connectivity index (χ3n) is 4.68. The Morgan fingerprint density at radius 3 is 2.53 bits per heavy atom. The Morgan fingerprint density at radius 2 is 1.95 bits per heavy atom. The summed E-state index contributed by atoms with van der Waals surface area (Å²) in [5.74, 6) is 1.54. The SMILES string of the molecule is CCC(CCN)CCC(=O)NC(C)C1CCCCC1. The summed E-state index contributed by atoms with van der Waals surface area (Å²) in [6.07, 6.45) is 10.4. The fourth-order valence-electron chi connectivity index (χ4n) is 3.20. The van der Waals surface area contributed by atoms with Gasteiger partial charge >= 0.3 is 0 Å². The second-order valence-electron chi connectivity index (χ2n) is 6.14. The molecule has 0 aliphatic heterocycles. The van der Waals surface area contributed by atoms with Crippen molar-refractivity contribution in [2.45, 2.75) is 77.7 Å². The van der Waals surface area contributed by atoms with Crippen LogP contribution in [0.15, 0.2) is 0 Å². The number of carbonyl (C=O) groups is 1. The van der Waals surface area contributed by atoms with Crippen LogP contribution in [-0.4, -0.2) is 18.5 Å². The molecule has 0 spiro atoms. The minimum Gasteiger partial charge on any atom is -0.353 e. The van der Waals surface area contributed by atoms with Crippen molar-refractivity contribution >= 4 is 5.91 Å². The van der Waals surface area contributed by atoms with Gasteiger partial charge < -0.3 is 11.1 Å². The summed E-state index contributed by atoms with van der Waals surface area (Å²) in [6.45, 7) is 5.09. The normalized spacial score (nSPS) is 19.9. The predicted molar refractivity (Wildman–Crippen MR) is 80.9 cm³/mol. The molecule has 0 bridgehead atoms. The standard InChI is InChI=1S/C16H32N2O/c1-3-14(11-12-17)9-10-16(19)18-13(2)15-7-5-4-6-8-15/h13-15H,3-12,17H2,1-2H3,(H,18,19). The largest absolute Gasteiger partial charge is 0.353 e. The van der Waals surface area contributed by atoms with E-state index >= 15 is 0 Å². The summed E-state index contributed by atoms with van der Waals surface area (Å²) >= 11 is 0. The van der Waals surface area contributed by atoms with Gasteiger partial charge in [-0.3, -0.25) is 4.79 Å². The van der Waals surface area contributed by atoms with Gasteiger partial charge in [0, 0.05) is 12.5 Å².